The zero-order valence-corrected chi connectivity index (χ0v) is 39.7. The Bertz CT molecular complexity index is 2420. The molecule has 67 heavy (non-hydrogen) atoms. The van der Waals surface area contributed by atoms with Crippen LogP contribution in [0, 0.1) is 23.2 Å². The van der Waals surface area contributed by atoms with E-state index in [1.807, 2.05) is 0 Å². The summed E-state index contributed by atoms with van der Waals surface area (Å²) >= 11 is 0. The molecule has 10 rings (SSSR count). The average Bonchev–Trinajstić information content (AvgIpc) is 3.74. The molecule has 0 radical (unpaired) electrons. The van der Waals surface area contributed by atoms with Gasteiger partial charge < -0.3 is 15.5 Å². The lowest BCUT2D eigenvalue weighted by Gasteiger charge is -2.51. The normalized spacial score (nSPS) is 27.6. The number of hydrogen-bond donors (Lipinski definition) is 1. The number of nitrogens with two attached hydrogens (primary N) is 1. The monoisotopic (exact) mass is 907 g/mol. The van der Waals surface area contributed by atoms with E-state index in [1.54, 1.807) is 9.80 Å². The Morgan fingerprint density at radius 1 is 0.627 bits per heavy atom. The molecule has 2 aromatic heterocycles. The first-order chi connectivity index (χ1) is 32.3. The Balaban J connectivity index is 0.000000168. The topological polar surface area (TPSA) is 172 Å². The Morgan fingerprint density at radius 2 is 1.00 bits per heavy atom. The number of hydrogen-bond acceptors (Lipinski definition) is 10. The van der Waals surface area contributed by atoms with E-state index in [0.717, 1.165) is 64.5 Å². The van der Waals surface area contributed by atoms with Crippen molar-refractivity contribution in [1.82, 2.24) is 39.5 Å². The van der Waals surface area contributed by atoms with Crippen molar-refractivity contribution in [3.63, 3.8) is 0 Å². The van der Waals surface area contributed by atoms with Crippen molar-refractivity contribution in [2.24, 2.45) is 17.6 Å². The number of carbonyl (C=O) groups excluding carboxylic acids is 3. The predicted octanol–water partition coefficient (Wildman–Crippen LogP) is 7.55. The lowest BCUT2D eigenvalue weighted by molar-refractivity contribution is 0.0172. The van der Waals surface area contributed by atoms with Gasteiger partial charge in [-0.05, 0) is 128 Å². The summed E-state index contributed by atoms with van der Waals surface area (Å²) < 4.78 is 0. The van der Waals surface area contributed by atoms with E-state index in [4.69, 9.17) is 11.0 Å². The Hall–Kier alpha value is -5.98. The molecule has 0 unspecified atom stereocenters. The fourth-order valence-corrected chi connectivity index (χ4v) is 12.0. The van der Waals surface area contributed by atoms with Crippen molar-refractivity contribution >= 4 is 29.9 Å². The molecule has 0 bridgehead atoms. The van der Waals surface area contributed by atoms with Crippen LogP contribution in [0.1, 0.15) is 117 Å². The highest BCUT2D eigenvalue weighted by Gasteiger charge is 2.57. The number of urea groups is 2. The number of rotatable bonds is 11. The third-order valence-electron chi connectivity index (χ3n) is 16.8. The number of benzene rings is 2. The maximum absolute atomic E-state index is 13.7. The maximum atomic E-state index is 13.7. The third-order valence-corrected chi connectivity index (χ3v) is 16.8. The van der Waals surface area contributed by atoms with Gasteiger partial charge in [-0.3, -0.25) is 24.4 Å². The zero-order valence-electron chi connectivity index (χ0n) is 39.7. The molecule has 2 N–H and O–H groups in total. The molecule has 6 aliphatic rings. The second-order valence-electron chi connectivity index (χ2n) is 20.6. The van der Waals surface area contributed by atoms with Gasteiger partial charge in [-0.1, -0.05) is 73.5 Å². The first-order valence-electron chi connectivity index (χ1n) is 24.3. The van der Waals surface area contributed by atoms with E-state index in [0.29, 0.717) is 42.4 Å². The van der Waals surface area contributed by atoms with Gasteiger partial charge >= 0.3 is 12.1 Å². The Morgan fingerprint density at radius 3 is 1.31 bits per heavy atom. The highest BCUT2D eigenvalue weighted by molar-refractivity contribution is 5.95. The fourth-order valence-electron chi connectivity index (χ4n) is 12.0. The first-order valence-corrected chi connectivity index (χ1v) is 24.3. The van der Waals surface area contributed by atoms with Crippen LogP contribution >= 0.6 is 0 Å². The summed E-state index contributed by atoms with van der Waals surface area (Å²) in [6.45, 7) is 2.82. The van der Waals surface area contributed by atoms with Crippen LogP contribution < -0.4 is 15.5 Å². The summed E-state index contributed by atoms with van der Waals surface area (Å²) in [5.41, 5.74) is 8.20. The molecular weight excluding hydrogens is 841 g/mol. The maximum Gasteiger partial charge on any atom is 0.327 e. The number of primary amides is 1. The van der Waals surface area contributed by atoms with Gasteiger partial charge in [-0.15, -0.1) is 0 Å². The molecule has 6 fully saturated rings. The van der Waals surface area contributed by atoms with Crippen LogP contribution in [0.5, 0.6) is 0 Å². The standard InChI is InChI=1S/C26H34N6O2.C26H32N6O/c1-30(2)26(21-9-4-3-5-10-21)13-11-25(12-14-26)18-31(23-28-15-20(16-29-23)22(27)33)24(34)32(25)17-19-7-6-8-19;1-30(2)26(22-9-4-3-5-10-22)13-11-25(12-14-26)19-31(23-28-16-21(15-27)17-29-23)24(33)32(25)18-20-7-6-8-20/h3-5,9-10,15-16,19H,6-8,11-14,17-18H2,1-2H3,(H2,27,33);3-5,9-10,16-17,20H,6-8,11-14,18-19H2,1-2H3. The fraction of sp³-hybridized carbons (Fsp3) is 0.538. The number of anilines is 2. The number of nitrogens with zero attached hydrogens (tertiary/aromatic N) is 11. The highest BCUT2D eigenvalue weighted by atomic mass is 16.2. The number of carbonyl (C=O) groups is 3. The Kier molecular flexibility index (Phi) is 12.8. The minimum absolute atomic E-state index is 0.0173. The van der Waals surface area contributed by atoms with E-state index in [1.165, 1.54) is 74.4 Å². The second-order valence-corrected chi connectivity index (χ2v) is 20.6. The zero-order chi connectivity index (χ0) is 47.0. The third kappa shape index (κ3) is 8.52. The van der Waals surface area contributed by atoms with E-state index in [-0.39, 0.29) is 39.8 Å². The van der Waals surface area contributed by atoms with Crippen LogP contribution in [-0.4, -0.2) is 123 Å². The molecule has 2 saturated heterocycles. The van der Waals surface area contributed by atoms with Crippen LogP contribution in [0.25, 0.3) is 0 Å². The molecule has 4 saturated carbocycles. The first kappa shape index (κ1) is 46.1. The van der Waals surface area contributed by atoms with E-state index in [9.17, 15) is 14.4 Å². The van der Waals surface area contributed by atoms with Crippen LogP contribution in [-0.2, 0) is 11.1 Å². The average molecular weight is 907 g/mol. The van der Waals surface area contributed by atoms with Gasteiger partial charge in [0.1, 0.15) is 6.07 Å². The largest absolute Gasteiger partial charge is 0.366 e. The smallest absolute Gasteiger partial charge is 0.327 e. The summed E-state index contributed by atoms with van der Waals surface area (Å²) in [6.07, 6.45) is 20.8. The SMILES string of the molecule is CN(C)C1(c2ccccc2)CCC2(CC1)CN(c1ncc(C#N)cn1)C(=O)N2CC1CCC1.CN(C)C1(c2ccccc2)CCC2(CC1)CN(c1ncc(C(N)=O)cn1)C(=O)N2CC1CCC1. The summed E-state index contributed by atoms with van der Waals surface area (Å²) in [5.74, 6) is 1.35. The van der Waals surface area contributed by atoms with Crippen molar-refractivity contribution in [1.29, 1.82) is 5.26 Å². The van der Waals surface area contributed by atoms with Crippen molar-refractivity contribution in [3.05, 3.63) is 108 Å². The van der Waals surface area contributed by atoms with Crippen LogP contribution in [0.2, 0.25) is 0 Å². The number of nitriles is 1. The van der Waals surface area contributed by atoms with Gasteiger partial charge in [0.25, 0.3) is 5.91 Å². The van der Waals surface area contributed by atoms with Crippen LogP contribution in [0.3, 0.4) is 0 Å². The molecule has 5 amide bonds. The molecular formula is C52H66N12O3. The molecule has 4 aliphatic carbocycles. The molecule has 4 heterocycles. The minimum atomic E-state index is -0.574. The van der Waals surface area contributed by atoms with Gasteiger partial charge in [-0.25, -0.2) is 29.5 Å². The molecule has 0 atom stereocenters. The Labute approximate surface area is 395 Å². The quantitative estimate of drug-likeness (QED) is 0.159. The van der Waals surface area contributed by atoms with Crippen molar-refractivity contribution in [3.8, 4) is 6.07 Å². The minimum Gasteiger partial charge on any atom is -0.366 e. The second kappa shape index (κ2) is 18.6. The van der Waals surface area contributed by atoms with Gasteiger partial charge in [0, 0.05) is 36.6 Å². The summed E-state index contributed by atoms with van der Waals surface area (Å²) in [5, 5.41) is 9.08. The molecule has 352 valence electrons. The van der Waals surface area contributed by atoms with Gasteiger partial charge in [-0.2, -0.15) is 5.26 Å². The number of amides is 5. The van der Waals surface area contributed by atoms with Gasteiger partial charge in [0.2, 0.25) is 11.9 Å². The van der Waals surface area contributed by atoms with E-state index >= 15 is 0 Å². The predicted molar refractivity (Wildman–Crippen MR) is 257 cm³/mol. The van der Waals surface area contributed by atoms with Gasteiger partial charge in [0.15, 0.2) is 0 Å². The van der Waals surface area contributed by atoms with E-state index in [2.05, 4.69) is 134 Å². The number of aromatic nitrogens is 4. The van der Waals surface area contributed by atoms with Crippen molar-refractivity contribution in [2.75, 3.05) is 64.2 Å². The van der Waals surface area contributed by atoms with Crippen LogP contribution in [0.15, 0.2) is 85.5 Å². The molecule has 15 heteroatoms. The van der Waals surface area contributed by atoms with Crippen LogP contribution in [0.4, 0.5) is 21.5 Å². The lowest BCUT2D eigenvalue weighted by atomic mass is 9.68. The molecule has 4 aromatic rings. The van der Waals surface area contributed by atoms with E-state index < -0.39 is 5.91 Å². The highest BCUT2D eigenvalue weighted by Crippen LogP contribution is 2.52. The lowest BCUT2D eigenvalue weighted by Crippen LogP contribution is -2.56. The summed E-state index contributed by atoms with van der Waals surface area (Å²) in [7, 11) is 8.68. The summed E-state index contributed by atoms with van der Waals surface area (Å²) in [4.78, 5) is 68.6. The summed E-state index contributed by atoms with van der Waals surface area (Å²) in [6, 6.07) is 23.6. The molecule has 15 nitrogen and oxygen atoms in total. The molecule has 2 aromatic carbocycles. The van der Waals surface area contributed by atoms with Crippen molar-refractivity contribution < 1.29 is 14.4 Å². The molecule has 2 aliphatic heterocycles. The molecule has 2 spiro atoms. The van der Waals surface area contributed by atoms with Gasteiger partial charge in [0.05, 0.1) is 47.7 Å². The van der Waals surface area contributed by atoms with Crippen molar-refractivity contribution in [2.45, 2.75) is 112 Å².